The maximum atomic E-state index is 13.1. The van der Waals surface area contributed by atoms with Crippen molar-refractivity contribution < 1.29 is 14.3 Å². The van der Waals surface area contributed by atoms with E-state index in [0.29, 0.717) is 28.7 Å². The molecule has 9 heteroatoms. The van der Waals surface area contributed by atoms with Gasteiger partial charge in [-0.05, 0) is 41.4 Å². The highest BCUT2D eigenvalue weighted by Gasteiger charge is 2.27. The van der Waals surface area contributed by atoms with Crippen LogP contribution in [0, 0.1) is 0 Å². The molecule has 5 rings (SSSR count). The Balaban J connectivity index is 1.22. The number of hydrogen-bond donors (Lipinski definition) is 0. The van der Waals surface area contributed by atoms with E-state index in [9.17, 15) is 4.79 Å². The van der Waals surface area contributed by atoms with Crippen LogP contribution in [0.3, 0.4) is 0 Å². The van der Waals surface area contributed by atoms with E-state index in [4.69, 9.17) is 21.1 Å². The molecule has 1 saturated heterocycles. The molecule has 0 aliphatic carbocycles. The third kappa shape index (κ3) is 3.86. The number of rotatable bonds is 4. The van der Waals surface area contributed by atoms with Crippen molar-refractivity contribution in [3.05, 3.63) is 57.9 Å². The summed E-state index contributed by atoms with van der Waals surface area (Å²) in [5.74, 6) is 1.58. The number of amides is 1. The summed E-state index contributed by atoms with van der Waals surface area (Å²) in [6, 6.07) is 13.3. The van der Waals surface area contributed by atoms with Crippen molar-refractivity contribution in [3.8, 4) is 22.8 Å². The SMILES string of the molecule is O=C(c1snnc1-c1ccc(Cl)cc1)N1CCN(Cc2ccc3c(c2)OCO3)CC1. The van der Waals surface area contributed by atoms with Crippen LogP contribution in [-0.4, -0.2) is 58.3 Å². The number of fused-ring (bicyclic) bond motifs is 1. The molecule has 30 heavy (non-hydrogen) atoms. The minimum Gasteiger partial charge on any atom is -0.454 e. The molecule has 0 unspecified atom stereocenters. The number of aromatic nitrogens is 2. The molecule has 0 N–H and O–H groups in total. The van der Waals surface area contributed by atoms with Gasteiger partial charge in [0.1, 0.15) is 10.6 Å². The molecular formula is C21H19ClN4O3S. The molecule has 154 valence electrons. The van der Waals surface area contributed by atoms with Crippen LogP contribution in [0.15, 0.2) is 42.5 Å². The van der Waals surface area contributed by atoms with Crippen molar-refractivity contribution in [2.45, 2.75) is 6.54 Å². The highest BCUT2D eigenvalue weighted by molar-refractivity contribution is 7.08. The van der Waals surface area contributed by atoms with Gasteiger partial charge in [0.05, 0.1) is 0 Å². The molecule has 2 aliphatic rings. The van der Waals surface area contributed by atoms with Gasteiger partial charge in [-0.25, -0.2) is 0 Å². The minimum atomic E-state index is -0.0160. The first-order valence-corrected chi connectivity index (χ1v) is 10.8. The zero-order valence-electron chi connectivity index (χ0n) is 16.1. The predicted octanol–water partition coefficient (Wildman–Crippen LogP) is 3.55. The van der Waals surface area contributed by atoms with Crippen LogP contribution in [0.4, 0.5) is 0 Å². The van der Waals surface area contributed by atoms with E-state index < -0.39 is 0 Å². The Kier molecular flexibility index (Phi) is 5.28. The molecule has 3 aromatic rings. The summed E-state index contributed by atoms with van der Waals surface area (Å²) in [5, 5.41) is 4.82. The molecule has 1 amide bonds. The fraction of sp³-hybridized carbons (Fsp3) is 0.286. The Labute approximate surface area is 182 Å². The largest absolute Gasteiger partial charge is 0.454 e. The van der Waals surface area contributed by atoms with Gasteiger partial charge in [0.15, 0.2) is 11.5 Å². The first-order chi connectivity index (χ1) is 14.7. The second kappa shape index (κ2) is 8.22. The summed E-state index contributed by atoms with van der Waals surface area (Å²) in [6.45, 7) is 4.05. The average molecular weight is 443 g/mol. The fourth-order valence-corrected chi connectivity index (χ4v) is 4.46. The van der Waals surface area contributed by atoms with Gasteiger partial charge < -0.3 is 14.4 Å². The Bertz CT molecular complexity index is 1060. The average Bonchev–Trinajstić information content (AvgIpc) is 3.44. The number of piperazine rings is 1. The van der Waals surface area contributed by atoms with E-state index in [1.165, 1.54) is 5.56 Å². The van der Waals surface area contributed by atoms with Gasteiger partial charge in [0.25, 0.3) is 5.91 Å². The minimum absolute atomic E-state index is 0.0160. The summed E-state index contributed by atoms with van der Waals surface area (Å²) < 4.78 is 14.8. The number of carbonyl (C=O) groups excluding carboxylic acids is 1. The Morgan fingerprint density at radius 2 is 1.80 bits per heavy atom. The monoisotopic (exact) mass is 442 g/mol. The highest BCUT2D eigenvalue weighted by atomic mass is 35.5. The van der Waals surface area contributed by atoms with E-state index in [2.05, 4.69) is 20.6 Å². The first kappa shape index (κ1) is 19.3. The van der Waals surface area contributed by atoms with Gasteiger partial charge in [0, 0.05) is 43.3 Å². The number of benzene rings is 2. The lowest BCUT2D eigenvalue weighted by atomic mass is 10.1. The smallest absolute Gasteiger partial charge is 0.267 e. The van der Waals surface area contributed by atoms with Gasteiger partial charge >= 0.3 is 0 Å². The second-order valence-corrected chi connectivity index (χ2v) is 8.40. The standard InChI is InChI=1S/C21H19ClN4O3S/c22-16-4-2-15(3-5-16)19-20(30-24-23-19)21(27)26-9-7-25(8-10-26)12-14-1-6-17-18(11-14)29-13-28-17/h1-6,11H,7-10,12-13H2. The molecule has 2 aromatic carbocycles. The number of carbonyl (C=O) groups is 1. The number of halogens is 1. The van der Waals surface area contributed by atoms with Gasteiger partial charge in [-0.1, -0.05) is 34.3 Å². The van der Waals surface area contributed by atoms with Crippen molar-refractivity contribution in [2.24, 2.45) is 0 Å². The van der Waals surface area contributed by atoms with Crippen LogP contribution in [0.2, 0.25) is 5.02 Å². The molecule has 0 radical (unpaired) electrons. The highest BCUT2D eigenvalue weighted by Crippen LogP contribution is 2.33. The molecule has 1 fully saturated rings. The molecule has 0 saturated carbocycles. The van der Waals surface area contributed by atoms with E-state index >= 15 is 0 Å². The van der Waals surface area contributed by atoms with Crippen LogP contribution in [0.5, 0.6) is 11.5 Å². The van der Waals surface area contributed by atoms with Gasteiger partial charge in [0.2, 0.25) is 6.79 Å². The van der Waals surface area contributed by atoms with Crippen LogP contribution in [-0.2, 0) is 6.54 Å². The third-order valence-electron chi connectivity index (χ3n) is 5.30. The van der Waals surface area contributed by atoms with Crippen LogP contribution < -0.4 is 9.47 Å². The molecule has 7 nitrogen and oxygen atoms in total. The maximum absolute atomic E-state index is 13.1. The van der Waals surface area contributed by atoms with E-state index in [0.717, 1.165) is 48.2 Å². The second-order valence-electron chi connectivity index (χ2n) is 7.21. The first-order valence-electron chi connectivity index (χ1n) is 9.66. The summed E-state index contributed by atoms with van der Waals surface area (Å²) in [4.78, 5) is 17.9. The van der Waals surface area contributed by atoms with Gasteiger partial charge in [-0.3, -0.25) is 9.69 Å². The summed E-state index contributed by atoms with van der Waals surface area (Å²) >= 11 is 7.11. The summed E-state index contributed by atoms with van der Waals surface area (Å²) in [5.41, 5.74) is 2.64. The van der Waals surface area contributed by atoms with Crippen molar-refractivity contribution in [1.82, 2.24) is 19.4 Å². The molecule has 0 bridgehead atoms. The summed E-state index contributed by atoms with van der Waals surface area (Å²) in [7, 11) is 0. The molecule has 0 spiro atoms. The number of nitrogens with zero attached hydrogens (tertiary/aromatic N) is 4. The third-order valence-corrected chi connectivity index (χ3v) is 6.27. The Morgan fingerprint density at radius 3 is 2.60 bits per heavy atom. The van der Waals surface area contributed by atoms with Gasteiger partial charge in [-0.15, -0.1) is 5.10 Å². The van der Waals surface area contributed by atoms with E-state index in [-0.39, 0.29) is 12.7 Å². The van der Waals surface area contributed by atoms with Crippen LogP contribution >= 0.6 is 23.1 Å². The number of hydrogen-bond acceptors (Lipinski definition) is 7. The van der Waals surface area contributed by atoms with Crippen LogP contribution in [0.1, 0.15) is 15.2 Å². The van der Waals surface area contributed by atoms with Crippen molar-refractivity contribution in [2.75, 3.05) is 33.0 Å². The fourth-order valence-electron chi connectivity index (χ4n) is 3.68. The lowest BCUT2D eigenvalue weighted by molar-refractivity contribution is 0.0633. The lowest BCUT2D eigenvalue weighted by Gasteiger charge is -2.34. The Hall–Kier alpha value is -2.68. The summed E-state index contributed by atoms with van der Waals surface area (Å²) in [6.07, 6.45) is 0. The topological polar surface area (TPSA) is 67.8 Å². The number of ether oxygens (including phenoxy) is 2. The molecule has 3 heterocycles. The normalized spacial score (nSPS) is 16.1. The van der Waals surface area contributed by atoms with Gasteiger partial charge in [-0.2, -0.15) is 0 Å². The van der Waals surface area contributed by atoms with E-state index in [1.54, 1.807) is 12.1 Å². The maximum Gasteiger partial charge on any atom is 0.267 e. The van der Waals surface area contributed by atoms with Crippen LogP contribution in [0.25, 0.3) is 11.3 Å². The van der Waals surface area contributed by atoms with Crippen molar-refractivity contribution in [3.63, 3.8) is 0 Å². The van der Waals surface area contributed by atoms with E-state index in [1.807, 2.05) is 29.2 Å². The molecule has 2 aliphatic heterocycles. The zero-order valence-corrected chi connectivity index (χ0v) is 17.7. The Morgan fingerprint density at radius 1 is 1.03 bits per heavy atom. The van der Waals surface area contributed by atoms with Crippen molar-refractivity contribution in [1.29, 1.82) is 0 Å². The predicted molar refractivity (Wildman–Crippen MR) is 114 cm³/mol. The molecular weight excluding hydrogens is 424 g/mol. The van der Waals surface area contributed by atoms with Crippen molar-refractivity contribution >= 4 is 29.0 Å². The lowest BCUT2D eigenvalue weighted by Crippen LogP contribution is -2.48. The quantitative estimate of drug-likeness (QED) is 0.615. The molecule has 0 atom stereocenters. The zero-order chi connectivity index (χ0) is 20.5. The molecule has 1 aromatic heterocycles.